The molecular weight excluding hydrogens is 532 g/mol. The van der Waals surface area contributed by atoms with E-state index in [1.54, 1.807) is 0 Å². The first-order valence-electron chi connectivity index (χ1n) is 16.9. The maximum atomic E-state index is 5.68. The molecular formula is C43H46O. The second-order valence-corrected chi connectivity index (χ2v) is 12.3. The van der Waals surface area contributed by atoms with Crippen molar-refractivity contribution < 1.29 is 4.74 Å². The summed E-state index contributed by atoms with van der Waals surface area (Å²) in [7, 11) is 0. The van der Waals surface area contributed by atoms with Crippen molar-refractivity contribution in [1.29, 1.82) is 0 Å². The molecule has 0 radical (unpaired) electrons. The van der Waals surface area contributed by atoms with Crippen molar-refractivity contribution in [1.82, 2.24) is 0 Å². The van der Waals surface area contributed by atoms with Gasteiger partial charge in [0.2, 0.25) is 0 Å². The summed E-state index contributed by atoms with van der Waals surface area (Å²) in [5, 5.41) is 7.96. The zero-order valence-electron chi connectivity index (χ0n) is 26.3. The molecule has 0 aliphatic heterocycles. The molecule has 44 heavy (non-hydrogen) atoms. The van der Waals surface area contributed by atoms with Crippen LogP contribution in [0.5, 0.6) is 0 Å². The largest absolute Gasteiger partial charge is 0.381 e. The molecule has 0 heterocycles. The maximum absolute atomic E-state index is 5.68. The van der Waals surface area contributed by atoms with Gasteiger partial charge in [-0.25, -0.2) is 0 Å². The molecule has 0 atom stereocenters. The molecule has 0 unspecified atom stereocenters. The van der Waals surface area contributed by atoms with Crippen LogP contribution in [0.2, 0.25) is 0 Å². The van der Waals surface area contributed by atoms with Crippen molar-refractivity contribution in [3.63, 3.8) is 0 Å². The van der Waals surface area contributed by atoms with E-state index >= 15 is 0 Å². The molecule has 224 valence electrons. The van der Waals surface area contributed by atoms with E-state index in [9.17, 15) is 0 Å². The van der Waals surface area contributed by atoms with Gasteiger partial charge in [-0.05, 0) is 68.3 Å². The van der Waals surface area contributed by atoms with Crippen molar-refractivity contribution in [2.75, 3.05) is 13.2 Å². The van der Waals surface area contributed by atoms with Gasteiger partial charge >= 0.3 is 0 Å². The van der Waals surface area contributed by atoms with Gasteiger partial charge in [-0.15, -0.1) is 0 Å². The molecule has 0 saturated carbocycles. The fourth-order valence-corrected chi connectivity index (χ4v) is 7.36. The molecule has 0 aliphatic rings. The Bertz CT molecular complexity index is 1590. The van der Waals surface area contributed by atoms with E-state index in [1.165, 1.54) is 94.0 Å². The van der Waals surface area contributed by atoms with Crippen LogP contribution in [0.1, 0.15) is 81.4 Å². The average molecular weight is 579 g/mol. The Balaban J connectivity index is 1.43. The van der Waals surface area contributed by atoms with Crippen LogP contribution in [0.15, 0.2) is 127 Å². The van der Waals surface area contributed by atoms with E-state index in [-0.39, 0.29) is 5.41 Å². The van der Waals surface area contributed by atoms with Gasteiger partial charge in [0, 0.05) is 18.6 Å². The lowest BCUT2D eigenvalue weighted by Gasteiger charge is -2.39. The van der Waals surface area contributed by atoms with Crippen molar-refractivity contribution in [3.8, 4) is 0 Å². The molecule has 0 spiro atoms. The van der Waals surface area contributed by atoms with Crippen molar-refractivity contribution in [3.05, 3.63) is 144 Å². The van der Waals surface area contributed by atoms with Crippen LogP contribution in [-0.2, 0) is 10.2 Å². The number of hydrogen-bond acceptors (Lipinski definition) is 1. The number of rotatable bonds is 15. The topological polar surface area (TPSA) is 9.23 Å². The van der Waals surface area contributed by atoms with Crippen molar-refractivity contribution >= 4 is 32.3 Å². The minimum atomic E-state index is -0.306. The Morgan fingerprint density at radius 1 is 0.409 bits per heavy atom. The first-order valence-corrected chi connectivity index (χ1v) is 16.9. The fraction of sp³-hybridized carbons (Fsp3) is 0.302. The second-order valence-electron chi connectivity index (χ2n) is 12.3. The Hall–Kier alpha value is -3.94. The van der Waals surface area contributed by atoms with Crippen LogP contribution in [0.3, 0.4) is 0 Å². The molecule has 0 fully saturated rings. The second kappa shape index (κ2) is 14.7. The summed E-state index contributed by atoms with van der Waals surface area (Å²) in [5.41, 5.74) is 3.93. The molecule has 0 amide bonds. The molecule has 0 N–H and O–H groups in total. The molecule has 6 aromatic rings. The van der Waals surface area contributed by atoms with E-state index in [0.29, 0.717) is 0 Å². The SMILES string of the molecule is CCCOCCCCCCCCCC(c1cccc2ccccc12)(c1cccc2ccccc12)c1cccc2ccccc12. The minimum Gasteiger partial charge on any atom is -0.381 e. The van der Waals surface area contributed by atoms with E-state index in [0.717, 1.165) is 26.1 Å². The summed E-state index contributed by atoms with van der Waals surface area (Å²) in [4.78, 5) is 0. The molecule has 0 bridgehead atoms. The zero-order valence-corrected chi connectivity index (χ0v) is 26.3. The Morgan fingerprint density at radius 3 is 1.25 bits per heavy atom. The third kappa shape index (κ3) is 6.30. The van der Waals surface area contributed by atoms with Crippen LogP contribution in [0.25, 0.3) is 32.3 Å². The highest BCUT2D eigenvalue weighted by Crippen LogP contribution is 2.50. The van der Waals surface area contributed by atoms with Gasteiger partial charge in [-0.2, -0.15) is 0 Å². The fourth-order valence-electron chi connectivity index (χ4n) is 7.36. The Kier molecular flexibility index (Phi) is 10.1. The van der Waals surface area contributed by atoms with E-state index in [1.807, 2.05) is 0 Å². The van der Waals surface area contributed by atoms with Crippen LogP contribution in [0.4, 0.5) is 0 Å². The zero-order chi connectivity index (χ0) is 30.0. The normalized spacial score (nSPS) is 11.9. The summed E-state index contributed by atoms with van der Waals surface area (Å²) in [6, 6.07) is 47.8. The van der Waals surface area contributed by atoms with Crippen LogP contribution < -0.4 is 0 Å². The van der Waals surface area contributed by atoms with E-state index in [4.69, 9.17) is 4.74 Å². The van der Waals surface area contributed by atoms with Crippen LogP contribution >= 0.6 is 0 Å². The highest BCUT2D eigenvalue weighted by Gasteiger charge is 2.39. The third-order valence-electron chi connectivity index (χ3n) is 9.44. The van der Waals surface area contributed by atoms with Crippen LogP contribution in [0, 0.1) is 0 Å². The molecule has 6 rings (SSSR count). The lowest BCUT2D eigenvalue weighted by Crippen LogP contribution is -2.30. The van der Waals surface area contributed by atoms with E-state index < -0.39 is 0 Å². The number of hydrogen-bond donors (Lipinski definition) is 0. The lowest BCUT2D eigenvalue weighted by molar-refractivity contribution is 0.130. The maximum Gasteiger partial charge on any atom is 0.0469 e. The molecule has 6 aromatic carbocycles. The van der Waals surface area contributed by atoms with E-state index in [2.05, 4.69) is 134 Å². The highest BCUT2D eigenvalue weighted by atomic mass is 16.5. The Morgan fingerprint density at radius 2 is 0.795 bits per heavy atom. The summed E-state index contributed by atoms with van der Waals surface area (Å²) >= 11 is 0. The monoisotopic (exact) mass is 578 g/mol. The summed E-state index contributed by atoms with van der Waals surface area (Å²) < 4.78 is 5.68. The summed E-state index contributed by atoms with van der Waals surface area (Å²) in [5.74, 6) is 0. The van der Waals surface area contributed by atoms with Crippen molar-refractivity contribution in [2.24, 2.45) is 0 Å². The first-order chi connectivity index (χ1) is 21.8. The highest BCUT2D eigenvalue weighted by molar-refractivity contribution is 5.95. The van der Waals surface area contributed by atoms with Gasteiger partial charge in [-0.1, -0.05) is 173 Å². The van der Waals surface area contributed by atoms with Gasteiger partial charge in [0.05, 0.1) is 0 Å². The molecule has 1 heteroatoms. The van der Waals surface area contributed by atoms with Gasteiger partial charge in [-0.3, -0.25) is 0 Å². The smallest absolute Gasteiger partial charge is 0.0469 e. The molecule has 1 nitrogen and oxygen atoms in total. The minimum absolute atomic E-state index is 0.306. The number of benzene rings is 6. The third-order valence-corrected chi connectivity index (χ3v) is 9.44. The number of ether oxygens (including phenoxy) is 1. The van der Waals surface area contributed by atoms with Gasteiger partial charge in [0.25, 0.3) is 0 Å². The Labute approximate surface area is 263 Å². The quantitative estimate of drug-likeness (QED) is 0.0870. The lowest BCUT2D eigenvalue weighted by atomic mass is 9.63. The predicted molar refractivity (Wildman–Crippen MR) is 190 cm³/mol. The first kappa shape index (κ1) is 30.1. The number of fused-ring (bicyclic) bond motifs is 3. The van der Waals surface area contributed by atoms with Gasteiger partial charge in [0.1, 0.15) is 0 Å². The predicted octanol–water partition coefficient (Wildman–Crippen LogP) is 12.0. The molecule has 0 aromatic heterocycles. The standard InChI is InChI=1S/C43H46O/c1-2-32-44-33-15-7-5-3-4-6-14-31-43(40-28-16-22-34-19-8-11-25-37(34)40,41-29-17-23-35-20-9-12-26-38(35)41)42-30-18-24-36-21-10-13-27-39(36)42/h8-13,16-30H,2-7,14-15,31-33H2,1H3. The summed E-state index contributed by atoms with van der Waals surface area (Å²) in [6.07, 6.45) is 10.9. The van der Waals surface area contributed by atoms with Gasteiger partial charge < -0.3 is 4.74 Å². The molecule has 0 aliphatic carbocycles. The average Bonchev–Trinajstić information content (AvgIpc) is 3.08. The number of unbranched alkanes of at least 4 members (excludes halogenated alkanes) is 6. The molecule has 0 saturated heterocycles. The van der Waals surface area contributed by atoms with Crippen LogP contribution in [-0.4, -0.2) is 13.2 Å². The van der Waals surface area contributed by atoms with Crippen molar-refractivity contribution in [2.45, 2.75) is 70.1 Å². The van der Waals surface area contributed by atoms with Gasteiger partial charge in [0.15, 0.2) is 0 Å². The summed E-state index contributed by atoms with van der Waals surface area (Å²) in [6.45, 7) is 3.98.